The van der Waals surface area contributed by atoms with E-state index in [0.717, 1.165) is 12.6 Å². The molecule has 0 aromatic carbocycles. The molecule has 0 saturated carbocycles. The SMILES string of the molecule is COCC=C1CC2CCCN2C1. The van der Waals surface area contributed by atoms with Crippen LogP contribution in [0.1, 0.15) is 19.3 Å². The summed E-state index contributed by atoms with van der Waals surface area (Å²) in [5.74, 6) is 0. The lowest BCUT2D eigenvalue weighted by Gasteiger charge is -2.11. The van der Waals surface area contributed by atoms with Crippen LogP contribution in [0.4, 0.5) is 0 Å². The van der Waals surface area contributed by atoms with Crippen LogP contribution in [-0.4, -0.2) is 37.7 Å². The minimum atomic E-state index is 0.788. The van der Waals surface area contributed by atoms with Crippen LogP contribution in [0.25, 0.3) is 0 Å². The average Bonchev–Trinajstić information content (AvgIpc) is 2.58. The summed E-state index contributed by atoms with van der Waals surface area (Å²) in [6.45, 7) is 3.30. The first-order valence-electron chi connectivity index (χ1n) is 4.81. The molecule has 0 aromatic rings. The van der Waals surface area contributed by atoms with E-state index in [1.54, 1.807) is 12.7 Å². The first-order valence-corrected chi connectivity index (χ1v) is 4.81. The lowest BCUT2D eigenvalue weighted by Crippen LogP contribution is -2.21. The van der Waals surface area contributed by atoms with Crippen molar-refractivity contribution in [3.63, 3.8) is 0 Å². The lowest BCUT2D eigenvalue weighted by molar-refractivity contribution is 0.233. The van der Waals surface area contributed by atoms with Gasteiger partial charge in [-0.15, -0.1) is 0 Å². The molecule has 2 fully saturated rings. The van der Waals surface area contributed by atoms with Gasteiger partial charge in [-0.1, -0.05) is 11.6 Å². The highest BCUT2D eigenvalue weighted by Crippen LogP contribution is 2.30. The third kappa shape index (κ3) is 1.54. The molecule has 0 spiro atoms. The Morgan fingerprint density at radius 1 is 1.67 bits per heavy atom. The van der Waals surface area contributed by atoms with Crippen molar-refractivity contribution in [3.05, 3.63) is 11.6 Å². The fourth-order valence-corrected chi connectivity index (χ4v) is 2.31. The number of hydrogen-bond donors (Lipinski definition) is 0. The number of methoxy groups -OCH3 is 1. The molecule has 0 aromatic heterocycles. The van der Waals surface area contributed by atoms with E-state index in [1.165, 1.54) is 32.4 Å². The summed E-state index contributed by atoms with van der Waals surface area (Å²) in [5, 5.41) is 0. The van der Waals surface area contributed by atoms with Gasteiger partial charge in [-0.05, 0) is 25.8 Å². The van der Waals surface area contributed by atoms with Crippen molar-refractivity contribution in [1.82, 2.24) is 4.90 Å². The molecule has 2 aliphatic rings. The molecule has 1 unspecified atom stereocenters. The van der Waals surface area contributed by atoms with Crippen LogP contribution in [0.2, 0.25) is 0 Å². The van der Waals surface area contributed by atoms with Gasteiger partial charge in [-0.2, -0.15) is 0 Å². The van der Waals surface area contributed by atoms with Crippen molar-refractivity contribution in [2.75, 3.05) is 26.8 Å². The summed E-state index contributed by atoms with van der Waals surface area (Å²) >= 11 is 0. The summed E-state index contributed by atoms with van der Waals surface area (Å²) in [6, 6.07) is 0.869. The van der Waals surface area contributed by atoms with Crippen LogP contribution in [-0.2, 0) is 4.74 Å². The highest BCUT2D eigenvalue weighted by molar-refractivity contribution is 5.14. The Balaban J connectivity index is 1.90. The molecule has 0 N–H and O–H groups in total. The first kappa shape index (κ1) is 8.27. The van der Waals surface area contributed by atoms with Gasteiger partial charge in [0.25, 0.3) is 0 Å². The summed E-state index contributed by atoms with van der Waals surface area (Å²) < 4.78 is 5.03. The van der Waals surface area contributed by atoms with Crippen molar-refractivity contribution in [1.29, 1.82) is 0 Å². The van der Waals surface area contributed by atoms with Crippen LogP contribution in [0, 0.1) is 0 Å². The monoisotopic (exact) mass is 167 g/mol. The minimum Gasteiger partial charge on any atom is -0.381 e. The molecule has 2 heteroatoms. The van der Waals surface area contributed by atoms with Gasteiger partial charge in [-0.25, -0.2) is 0 Å². The smallest absolute Gasteiger partial charge is 0.0646 e. The summed E-state index contributed by atoms with van der Waals surface area (Å²) in [5.41, 5.74) is 1.58. The first-order chi connectivity index (χ1) is 5.90. The number of nitrogens with zero attached hydrogens (tertiary/aromatic N) is 1. The van der Waals surface area contributed by atoms with Gasteiger partial charge in [-0.3, -0.25) is 4.90 Å². The Bertz CT molecular complexity index is 174. The van der Waals surface area contributed by atoms with Gasteiger partial charge in [0.15, 0.2) is 0 Å². The van der Waals surface area contributed by atoms with E-state index < -0.39 is 0 Å². The predicted molar refractivity (Wildman–Crippen MR) is 49.2 cm³/mol. The summed E-state index contributed by atoms with van der Waals surface area (Å²) in [6.07, 6.45) is 6.36. The Morgan fingerprint density at radius 2 is 2.58 bits per heavy atom. The van der Waals surface area contributed by atoms with E-state index in [1.807, 2.05) is 0 Å². The second-order valence-corrected chi connectivity index (χ2v) is 3.79. The molecule has 0 aliphatic carbocycles. The van der Waals surface area contributed by atoms with Crippen molar-refractivity contribution in [2.24, 2.45) is 0 Å². The molecule has 2 heterocycles. The van der Waals surface area contributed by atoms with Gasteiger partial charge < -0.3 is 4.74 Å². The van der Waals surface area contributed by atoms with Crippen LogP contribution in [0.15, 0.2) is 11.6 Å². The fourth-order valence-electron chi connectivity index (χ4n) is 2.31. The molecular formula is C10H17NO. The molecule has 0 amide bonds. The minimum absolute atomic E-state index is 0.788. The standard InChI is InChI=1S/C10H17NO/c1-12-6-4-9-7-10-3-2-5-11(10)8-9/h4,10H,2-3,5-8H2,1H3. The average molecular weight is 167 g/mol. The van der Waals surface area contributed by atoms with Crippen molar-refractivity contribution >= 4 is 0 Å². The van der Waals surface area contributed by atoms with Crippen molar-refractivity contribution in [3.8, 4) is 0 Å². The van der Waals surface area contributed by atoms with E-state index >= 15 is 0 Å². The van der Waals surface area contributed by atoms with E-state index in [2.05, 4.69) is 11.0 Å². The summed E-state index contributed by atoms with van der Waals surface area (Å²) in [7, 11) is 1.76. The third-order valence-electron chi connectivity index (χ3n) is 2.94. The topological polar surface area (TPSA) is 12.5 Å². The number of fused-ring (bicyclic) bond motifs is 1. The van der Waals surface area contributed by atoms with Gasteiger partial charge >= 0.3 is 0 Å². The van der Waals surface area contributed by atoms with E-state index in [9.17, 15) is 0 Å². The molecule has 1 atom stereocenters. The maximum atomic E-state index is 5.03. The van der Waals surface area contributed by atoms with E-state index in [4.69, 9.17) is 4.74 Å². The molecule has 2 nitrogen and oxygen atoms in total. The van der Waals surface area contributed by atoms with E-state index in [-0.39, 0.29) is 0 Å². The molecule has 0 bridgehead atoms. The lowest BCUT2D eigenvalue weighted by atomic mass is 10.1. The maximum Gasteiger partial charge on any atom is 0.0646 e. The number of rotatable bonds is 2. The van der Waals surface area contributed by atoms with Crippen LogP contribution in [0.3, 0.4) is 0 Å². The van der Waals surface area contributed by atoms with Crippen LogP contribution >= 0.6 is 0 Å². The Kier molecular flexibility index (Phi) is 2.47. The Morgan fingerprint density at radius 3 is 3.33 bits per heavy atom. The highest BCUT2D eigenvalue weighted by atomic mass is 16.5. The van der Waals surface area contributed by atoms with Crippen molar-refractivity contribution in [2.45, 2.75) is 25.3 Å². The van der Waals surface area contributed by atoms with Crippen molar-refractivity contribution < 1.29 is 4.74 Å². The molecule has 2 rings (SSSR count). The number of hydrogen-bond acceptors (Lipinski definition) is 2. The molecular weight excluding hydrogens is 150 g/mol. The molecule has 2 aliphatic heterocycles. The normalized spacial score (nSPS) is 33.1. The molecule has 0 radical (unpaired) electrons. The van der Waals surface area contributed by atoms with Gasteiger partial charge in [0, 0.05) is 19.7 Å². The second-order valence-electron chi connectivity index (χ2n) is 3.79. The zero-order valence-electron chi connectivity index (χ0n) is 7.75. The van der Waals surface area contributed by atoms with Gasteiger partial charge in [0.05, 0.1) is 6.61 Å². The summed E-state index contributed by atoms with van der Waals surface area (Å²) in [4.78, 5) is 2.60. The van der Waals surface area contributed by atoms with Gasteiger partial charge in [0.1, 0.15) is 0 Å². The maximum absolute atomic E-state index is 5.03. The zero-order chi connectivity index (χ0) is 8.39. The van der Waals surface area contributed by atoms with Gasteiger partial charge in [0.2, 0.25) is 0 Å². The Labute approximate surface area is 74.2 Å². The van der Waals surface area contributed by atoms with Crippen LogP contribution in [0.5, 0.6) is 0 Å². The predicted octanol–water partition coefficient (Wildman–Crippen LogP) is 1.43. The quantitative estimate of drug-likeness (QED) is 0.577. The number of ether oxygens (including phenoxy) is 1. The molecule has 68 valence electrons. The molecule has 2 saturated heterocycles. The third-order valence-corrected chi connectivity index (χ3v) is 2.94. The molecule has 12 heavy (non-hydrogen) atoms. The highest BCUT2D eigenvalue weighted by Gasteiger charge is 2.31. The largest absolute Gasteiger partial charge is 0.381 e. The fraction of sp³-hybridized carbons (Fsp3) is 0.800. The van der Waals surface area contributed by atoms with E-state index in [0.29, 0.717) is 0 Å². The van der Waals surface area contributed by atoms with Crippen LogP contribution < -0.4 is 0 Å². The Hall–Kier alpha value is -0.340. The second kappa shape index (κ2) is 3.58. The zero-order valence-corrected chi connectivity index (χ0v) is 7.75.